The Hall–Kier alpha value is -0.350. The molecule has 96 valence electrons. The fourth-order valence-electron chi connectivity index (χ4n) is 2.66. The lowest BCUT2D eigenvalue weighted by Crippen LogP contribution is -2.38. The van der Waals surface area contributed by atoms with Crippen LogP contribution in [0.5, 0.6) is 0 Å². The van der Waals surface area contributed by atoms with Crippen LogP contribution in [0.25, 0.3) is 0 Å². The Morgan fingerprint density at radius 2 is 2.12 bits per heavy atom. The summed E-state index contributed by atoms with van der Waals surface area (Å²) in [6.45, 7) is 12.0. The summed E-state index contributed by atoms with van der Waals surface area (Å²) in [6, 6.07) is 0. The van der Waals surface area contributed by atoms with Crippen molar-refractivity contribution in [3.63, 3.8) is 0 Å². The molecule has 0 unspecified atom stereocenters. The molecule has 0 bridgehead atoms. The summed E-state index contributed by atoms with van der Waals surface area (Å²) in [5.74, 6) is 0. The van der Waals surface area contributed by atoms with Gasteiger partial charge in [0.05, 0.1) is 15.9 Å². The van der Waals surface area contributed by atoms with Crippen molar-refractivity contribution in [1.82, 2.24) is 14.7 Å². The molecule has 2 heterocycles. The van der Waals surface area contributed by atoms with Gasteiger partial charge in [-0.15, -0.1) is 0 Å². The zero-order valence-corrected chi connectivity index (χ0v) is 12.8. The number of nitrogens with zero attached hydrogens (tertiary/aromatic N) is 3. The maximum Gasteiger partial charge on any atom is 0.0739 e. The van der Waals surface area contributed by atoms with E-state index in [1.165, 1.54) is 29.6 Å². The molecule has 0 aromatic carbocycles. The summed E-state index contributed by atoms with van der Waals surface area (Å²) in [4.78, 5) is 2.57. The Morgan fingerprint density at radius 1 is 1.41 bits per heavy atom. The topological polar surface area (TPSA) is 21.1 Å². The highest BCUT2D eigenvalue weighted by molar-refractivity contribution is 9.10. The van der Waals surface area contributed by atoms with Crippen molar-refractivity contribution >= 4 is 15.9 Å². The maximum atomic E-state index is 4.56. The summed E-state index contributed by atoms with van der Waals surface area (Å²) in [5.41, 5.74) is 2.75. The second kappa shape index (κ2) is 4.73. The molecule has 0 atom stereocenters. The fraction of sp³-hybridized carbons (Fsp3) is 0.769. The monoisotopic (exact) mass is 299 g/mol. The quantitative estimate of drug-likeness (QED) is 0.853. The molecule has 1 aliphatic heterocycles. The number of halogens is 1. The van der Waals surface area contributed by atoms with Gasteiger partial charge in [0.1, 0.15) is 0 Å². The molecule has 1 aromatic heterocycles. The first-order valence-electron chi connectivity index (χ1n) is 6.42. The molecule has 3 nitrogen and oxygen atoms in total. The molecule has 1 aliphatic rings. The summed E-state index contributed by atoms with van der Waals surface area (Å²) in [5, 5.41) is 4.56. The summed E-state index contributed by atoms with van der Waals surface area (Å²) in [7, 11) is 0. The Labute approximate surface area is 112 Å². The lowest BCUT2D eigenvalue weighted by Gasteiger charge is -2.31. The number of hydrogen-bond acceptors (Lipinski definition) is 2. The lowest BCUT2D eigenvalue weighted by atomic mass is 10.0. The summed E-state index contributed by atoms with van der Waals surface area (Å²) >= 11 is 3.68. The predicted octanol–water partition coefficient (Wildman–Crippen LogP) is 3.35. The smallest absolute Gasteiger partial charge is 0.0739 e. The van der Waals surface area contributed by atoms with E-state index in [1.807, 2.05) is 0 Å². The van der Waals surface area contributed by atoms with E-state index in [-0.39, 0.29) is 0 Å². The van der Waals surface area contributed by atoms with Gasteiger partial charge in [0, 0.05) is 18.6 Å². The Bertz CT molecular complexity index is 409. The Balaban J connectivity index is 2.24. The maximum absolute atomic E-state index is 4.56. The van der Waals surface area contributed by atoms with E-state index in [2.05, 4.69) is 58.3 Å². The Kier molecular flexibility index (Phi) is 3.64. The van der Waals surface area contributed by atoms with Gasteiger partial charge in [-0.3, -0.25) is 9.58 Å². The van der Waals surface area contributed by atoms with Crippen LogP contribution in [0.4, 0.5) is 0 Å². The normalized spacial score (nSPS) is 20.1. The molecular formula is C13H22BrN3. The number of rotatable bonds is 3. The third kappa shape index (κ3) is 2.43. The standard InChI is InChI=1S/C13H22BrN3/c1-5-17-11(12(14)10(2)15-17)9-16-8-6-7-13(16,3)4/h5-9H2,1-4H3. The van der Waals surface area contributed by atoms with Crippen molar-refractivity contribution in [3.05, 3.63) is 15.9 Å². The molecule has 0 N–H and O–H groups in total. The fourth-order valence-corrected chi connectivity index (χ4v) is 3.07. The molecule has 0 aliphatic carbocycles. The molecule has 0 radical (unpaired) electrons. The highest BCUT2D eigenvalue weighted by atomic mass is 79.9. The number of hydrogen-bond donors (Lipinski definition) is 0. The van der Waals surface area contributed by atoms with Crippen LogP contribution in [0.1, 0.15) is 45.0 Å². The number of aryl methyl sites for hydroxylation is 2. The van der Waals surface area contributed by atoms with Crippen LogP contribution in [-0.2, 0) is 13.1 Å². The SMILES string of the molecule is CCn1nc(C)c(Br)c1CN1CCCC1(C)C. The zero-order valence-electron chi connectivity index (χ0n) is 11.3. The molecule has 2 rings (SSSR count). The van der Waals surface area contributed by atoms with Gasteiger partial charge < -0.3 is 0 Å². The van der Waals surface area contributed by atoms with Crippen molar-refractivity contribution in [3.8, 4) is 0 Å². The third-order valence-electron chi connectivity index (χ3n) is 3.87. The first-order chi connectivity index (χ1) is 7.95. The molecular weight excluding hydrogens is 278 g/mol. The highest BCUT2D eigenvalue weighted by Gasteiger charge is 2.32. The molecule has 0 saturated carbocycles. The van der Waals surface area contributed by atoms with Crippen LogP contribution in [0.2, 0.25) is 0 Å². The minimum absolute atomic E-state index is 0.330. The molecule has 1 aromatic rings. The molecule has 4 heteroatoms. The first-order valence-corrected chi connectivity index (χ1v) is 7.22. The average molecular weight is 300 g/mol. The molecule has 0 amide bonds. The number of likely N-dealkylation sites (tertiary alicyclic amines) is 1. The van der Waals surface area contributed by atoms with Crippen LogP contribution in [0, 0.1) is 6.92 Å². The minimum atomic E-state index is 0.330. The van der Waals surface area contributed by atoms with E-state index in [1.54, 1.807) is 0 Å². The van der Waals surface area contributed by atoms with E-state index in [0.29, 0.717) is 5.54 Å². The third-order valence-corrected chi connectivity index (χ3v) is 4.90. The van der Waals surface area contributed by atoms with Crippen molar-refractivity contribution in [1.29, 1.82) is 0 Å². The minimum Gasteiger partial charge on any atom is -0.292 e. The van der Waals surface area contributed by atoms with Crippen LogP contribution in [0.3, 0.4) is 0 Å². The molecule has 17 heavy (non-hydrogen) atoms. The van der Waals surface area contributed by atoms with Crippen molar-refractivity contribution in [2.75, 3.05) is 6.54 Å². The van der Waals surface area contributed by atoms with E-state index in [0.717, 1.165) is 18.8 Å². The van der Waals surface area contributed by atoms with E-state index >= 15 is 0 Å². The first kappa shape index (κ1) is 13.1. The van der Waals surface area contributed by atoms with Gasteiger partial charge in [-0.1, -0.05) is 0 Å². The molecule has 1 fully saturated rings. The van der Waals surface area contributed by atoms with Gasteiger partial charge in [0.25, 0.3) is 0 Å². The molecule has 0 spiro atoms. The second-order valence-corrected chi connectivity index (χ2v) is 6.29. The largest absolute Gasteiger partial charge is 0.292 e. The molecule has 1 saturated heterocycles. The van der Waals surface area contributed by atoms with Gasteiger partial charge in [-0.05, 0) is 63.0 Å². The van der Waals surface area contributed by atoms with Gasteiger partial charge in [-0.2, -0.15) is 5.10 Å². The predicted molar refractivity (Wildman–Crippen MR) is 74.1 cm³/mol. The zero-order chi connectivity index (χ0) is 12.6. The van der Waals surface area contributed by atoms with Gasteiger partial charge in [0.2, 0.25) is 0 Å². The van der Waals surface area contributed by atoms with E-state index in [4.69, 9.17) is 0 Å². The van der Waals surface area contributed by atoms with Crippen LogP contribution < -0.4 is 0 Å². The van der Waals surface area contributed by atoms with Crippen molar-refractivity contribution in [2.45, 2.75) is 59.2 Å². The van der Waals surface area contributed by atoms with Crippen LogP contribution in [-0.4, -0.2) is 26.8 Å². The van der Waals surface area contributed by atoms with Gasteiger partial charge in [-0.25, -0.2) is 0 Å². The van der Waals surface area contributed by atoms with Gasteiger partial charge >= 0.3 is 0 Å². The number of aromatic nitrogens is 2. The van der Waals surface area contributed by atoms with Crippen LogP contribution >= 0.6 is 15.9 Å². The highest BCUT2D eigenvalue weighted by Crippen LogP contribution is 2.32. The Morgan fingerprint density at radius 3 is 2.65 bits per heavy atom. The van der Waals surface area contributed by atoms with E-state index < -0.39 is 0 Å². The second-order valence-electron chi connectivity index (χ2n) is 5.50. The van der Waals surface area contributed by atoms with Crippen molar-refractivity contribution in [2.24, 2.45) is 0 Å². The average Bonchev–Trinajstić information content (AvgIpc) is 2.73. The van der Waals surface area contributed by atoms with E-state index in [9.17, 15) is 0 Å². The lowest BCUT2D eigenvalue weighted by molar-refractivity contribution is 0.161. The van der Waals surface area contributed by atoms with Gasteiger partial charge in [0.15, 0.2) is 0 Å². The van der Waals surface area contributed by atoms with Crippen LogP contribution in [0.15, 0.2) is 4.47 Å². The summed E-state index contributed by atoms with van der Waals surface area (Å²) < 4.78 is 3.30. The van der Waals surface area contributed by atoms with Crippen molar-refractivity contribution < 1.29 is 0 Å². The summed E-state index contributed by atoms with van der Waals surface area (Å²) in [6.07, 6.45) is 2.60.